The van der Waals surface area contributed by atoms with E-state index in [-0.39, 0.29) is 5.92 Å². The number of guanidine groups is 1. The van der Waals surface area contributed by atoms with Crippen LogP contribution in [0.1, 0.15) is 43.5 Å². The molecule has 0 saturated heterocycles. The van der Waals surface area contributed by atoms with Crippen LogP contribution in [0.3, 0.4) is 0 Å². The molecule has 0 radical (unpaired) electrons. The van der Waals surface area contributed by atoms with Crippen molar-refractivity contribution >= 4 is 11.6 Å². The highest BCUT2D eigenvalue weighted by Crippen LogP contribution is 2.11. The summed E-state index contributed by atoms with van der Waals surface area (Å²) in [5, 5.41) is 7.00. The number of nitrogens with zero attached hydrogens (tertiary/aromatic N) is 3. The molecule has 0 amide bonds. The number of hydrogen-bond acceptors (Lipinski definition) is 4. The third kappa shape index (κ3) is 4.87. The highest BCUT2D eigenvalue weighted by atomic mass is 16.5. The number of aromatic nitrogens is 2. The van der Waals surface area contributed by atoms with Crippen molar-refractivity contribution in [3.63, 3.8) is 0 Å². The second-order valence-corrected chi connectivity index (χ2v) is 5.56. The van der Waals surface area contributed by atoms with Gasteiger partial charge >= 0.3 is 0 Å². The lowest BCUT2D eigenvalue weighted by Crippen LogP contribution is -2.22. The van der Waals surface area contributed by atoms with E-state index in [1.165, 1.54) is 5.56 Å². The molecular formula is C16H23N5O. The smallest absolute Gasteiger partial charge is 0.226 e. The molecule has 6 heteroatoms. The minimum Gasteiger partial charge on any atom is -0.370 e. The fourth-order valence-corrected chi connectivity index (χ4v) is 1.86. The fourth-order valence-electron chi connectivity index (χ4n) is 1.86. The lowest BCUT2D eigenvalue weighted by Gasteiger charge is -2.05. The van der Waals surface area contributed by atoms with Gasteiger partial charge in [-0.15, -0.1) is 0 Å². The van der Waals surface area contributed by atoms with Gasteiger partial charge in [-0.05, 0) is 25.5 Å². The van der Waals surface area contributed by atoms with Gasteiger partial charge < -0.3 is 15.6 Å². The first kappa shape index (κ1) is 16.0. The first-order valence-electron chi connectivity index (χ1n) is 7.50. The Morgan fingerprint density at radius 3 is 2.68 bits per heavy atom. The summed E-state index contributed by atoms with van der Waals surface area (Å²) in [6, 6.07) is 8.00. The van der Waals surface area contributed by atoms with E-state index in [9.17, 15) is 0 Å². The number of hydrogen-bond donors (Lipinski definition) is 2. The third-order valence-electron chi connectivity index (χ3n) is 3.16. The van der Waals surface area contributed by atoms with Crippen LogP contribution in [0, 0.1) is 6.92 Å². The Balaban J connectivity index is 1.75. The molecular weight excluding hydrogens is 278 g/mol. The monoisotopic (exact) mass is 301 g/mol. The molecule has 118 valence electrons. The average Bonchev–Trinajstić information content (AvgIpc) is 2.95. The van der Waals surface area contributed by atoms with Crippen molar-refractivity contribution in [2.24, 2.45) is 10.7 Å². The summed E-state index contributed by atoms with van der Waals surface area (Å²) >= 11 is 0. The van der Waals surface area contributed by atoms with Crippen LogP contribution in [0.4, 0.5) is 5.69 Å². The van der Waals surface area contributed by atoms with Crippen LogP contribution in [-0.4, -0.2) is 22.6 Å². The number of aryl methyl sites for hydroxylation is 2. The molecule has 2 rings (SSSR count). The van der Waals surface area contributed by atoms with Crippen LogP contribution < -0.4 is 11.1 Å². The molecule has 1 heterocycles. The Morgan fingerprint density at radius 2 is 2.05 bits per heavy atom. The van der Waals surface area contributed by atoms with Crippen molar-refractivity contribution in [1.82, 2.24) is 10.1 Å². The summed E-state index contributed by atoms with van der Waals surface area (Å²) in [4.78, 5) is 8.62. The highest BCUT2D eigenvalue weighted by Gasteiger charge is 2.08. The van der Waals surface area contributed by atoms with E-state index in [1.54, 1.807) is 0 Å². The van der Waals surface area contributed by atoms with Gasteiger partial charge in [0.25, 0.3) is 0 Å². The van der Waals surface area contributed by atoms with Crippen molar-refractivity contribution in [2.45, 2.75) is 39.5 Å². The summed E-state index contributed by atoms with van der Waals surface area (Å²) < 4.78 is 5.18. The SMILES string of the molecule is Cc1ccc(NC(N)=NCCCc2nc(C(C)C)no2)cc1. The molecule has 6 nitrogen and oxygen atoms in total. The van der Waals surface area contributed by atoms with Crippen molar-refractivity contribution in [3.8, 4) is 0 Å². The maximum Gasteiger partial charge on any atom is 0.226 e. The van der Waals surface area contributed by atoms with Gasteiger partial charge in [-0.3, -0.25) is 4.99 Å². The van der Waals surface area contributed by atoms with Crippen LogP contribution in [0.25, 0.3) is 0 Å². The standard InChI is InChI=1S/C16H23N5O/c1-11(2)15-20-14(22-21-15)5-4-10-18-16(17)19-13-8-6-12(3)7-9-13/h6-9,11H,4-5,10H2,1-3H3,(H3,17,18,19). The predicted molar refractivity (Wildman–Crippen MR) is 88.0 cm³/mol. The van der Waals surface area contributed by atoms with Crippen molar-refractivity contribution in [2.75, 3.05) is 11.9 Å². The minimum atomic E-state index is 0.282. The first-order chi connectivity index (χ1) is 10.5. The van der Waals surface area contributed by atoms with E-state index in [1.807, 2.05) is 45.0 Å². The van der Waals surface area contributed by atoms with Crippen LogP contribution >= 0.6 is 0 Å². The van der Waals surface area contributed by atoms with Crippen LogP contribution in [0.2, 0.25) is 0 Å². The number of rotatable bonds is 6. The number of benzene rings is 1. The number of nitrogens with two attached hydrogens (primary N) is 1. The van der Waals surface area contributed by atoms with Gasteiger partial charge in [0.05, 0.1) is 0 Å². The van der Waals surface area contributed by atoms with Gasteiger partial charge in [0.1, 0.15) is 0 Å². The normalized spacial score (nSPS) is 11.9. The number of anilines is 1. The average molecular weight is 301 g/mol. The molecule has 2 aromatic rings. The van der Waals surface area contributed by atoms with Gasteiger partial charge in [-0.25, -0.2) is 0 Å². The van der Waals surface area contributed by atoms with Crippen molar-refractivity contribution in [1.29, 1.82) is 0 Å². The summed E-state index contributed by atoms with van der Waals surface area (Å²) in [6.45, 7) is 6.74. The van der Waals surface area contributed by atoms with Gasteiger partial charge in [0.15, 0.2) is 11.8 Å². The summed E-state index contributed by atoms with van der Waals surface area (Å²) in [6.07, 6.45) is 1.52. The number of aliphatic imine (C=N–C) groups is 1. The molecule has 3 N–H and O–H groups in total. The Morgan fingerprint density at radius 1 is 1.32 bits per heavy atom. The molecule has 0 spiro atoms. The van der Waals surface area contributed by atoms with E-state index in [0.29, 0.717) is 24.8 Å². The maximum absolute atomic E-state index is 5.85. The van der Waals surface area contributed by atoms with Crippen LogP contribution in [0.15, 0.2) is 33.8 Å². The molecule has 0 saturated carbocycles. The zero-order valence-corrected chi connectivity index (χ0v) is 13.3. The van der Waals surface area contributed by atoms with E-state index in [4.69, 9.17) is 10.3 Å². The molecule has 0 unspecified atom stereocenters. The summed E-state index contributed by atoms with van der Waals surface area (Å²) in [5.41, 5.74) is 8.00. The van der Waals surface area contributed by atoms with Gasteiger partial charge in [0.2, 0.25) is 5.89 Å². The highest BCUT2D eigenvalue weighted by molar-refractivity contribution is 5.92. The number of nitrogens with one attached hydrogen (secondary N) is 1. The molecule has 1 aromatic carbocycles. The molecule has 0 aliphatic carbocycles. The molecule has 0 aliphatic heterocycles. The predicted octanol–water partition coefficient (Wildman–Crippen LogP) is 2.86. The summed E-state index contributed by atoms with van der Waals surface area (Å²) in [5.74, 6) is 2.10. The van der Waals surface area contributed by atoms with Crippen molar-refractivity contribution in [3.05, 3.63) is 41.5 Å². The molecule has 0 fully saturated rings. The quantitative estimate of drug-likeness (QED) is 0.486. The lowest BCUT2D eigenvalue weighted by atomic mass is 10.2. The molecule has 1 aromatic heterocycles. The second-order valence-electron chi connectivity index (χ2n) is 5.56. The fraction of sp³-hybridized carbons (Fsp3) is 0.438. The maximum atomic E-state index is 5.85. The zero-order chi connectivity index (χ0) is 15.9. The van der Waals surface area contributed by atoms with Crippen LogP contribution in [-0.2, 0) is 6.42 Å². The molecule has 0 atom stereocenters. The first-order valence-corrected chi connectivity index (χ1v) is 7.50. The van der Waals surface area contributed by atoms with E-state index in [0.717, 1.165) is 17.9 Å². The lowest BCUT2D eigenvalue weighted by molar-refractivity contribution is 0.369. The minimum absolute atomic E-state index is 0.282. The second kappa shape index (κ2) is 7.59. The Bertz CT molecular complexity index is 616. The Kier molecular flexibility index (Phi) is 5.52. The summed E-state index contributed by atoms with van der Waals surface area (Å²) in [7, 11) is 0. The van der Waals surface area contributed by atoms with Crippen molar-refractivity contribution < 1.29 is 4.52 Å². The Labute approximate surface area is 130 Å². The van der Waals surface area contributed by atoms with Gasteiger partial charge in [0, 0.05) is 24.6 Å². The largest absolute Gasteiger partial charge is 0.370 e. The van der Waals surface area contributed by atoms with Crippen LogP contribution in [0.5, 0.6) is 0 Å². The third-order valence-corrected chi connectivity index (χ3v) is 3.16. The van der Waals surface area contributed by atoms with Gasteiger partial charge in [-0.2, -0.15) is 4.98 Å². The Hall–Kier alpha value is -2.37. The molecule has 22 heavy (non-hydrogen) atoms. The van der Waals surface area contributed by atoms with Gasteiger partial charge in [-0.1, -0.05) is 36.7 Å². The van der Waals surface area contributed by atoms with E-state index in [2.05, 4.69) is 20.4 Å². The van der Waals surface area contributed by atoms with E-state index >= 15 is 0 Å². The van der Waals surface area contributed by atoms with E-state index < -0.39 is 0 Å². The zero-order valence-electron chi connectivity index (χ0n) is 13.3. The molecule has 0 bridgehead atoms. The topological polar surface area (TPSA) is 89.3 Å². The molecule has 0 aliphatic rings.